The SMILES string of the molecule is CO[C@]1(CNC(=O)CCc2ccccc2F)CCSC1. The number of hydrogen-bond donors (Lipinski definition) is 1. The summed E-state index contributed by atoms with van der Waals surface area (Å²) in [6, 6.07) is 6.57. The zero-order chi connectivity index (χ0) is 14.4. The predicted molar refractivity (Wildman–Crippen MR) is 79.4 cm³/mol. The molecule has 20 heavy (non-hydrogen) atoms. The first-order valence-electron chi connectivity index (χ1n) is 6.78. The Morgan fingerprint density at radius 3 is 2.95 bits per heavy atom. The summed E-state index contributed by atoms with van der Waals surface area (Å²) in [7, 11) is 1.69. The molecule has 0 bridgehead atoms. The second-order valence-electron chi connectivity index (χ2n) is 5.06. The molecule has 1 heterocycles. The Morgan fingerprint density at radius 1 is 1.50 bits per heavy atom. The van der Waals surface area contributed by atoms with Crippen molar-refractivity contribution in [1.29, 1.82) is 0 Å². The molecular formula is C15H20FNO2S. The average Bonchev–Trinajstić information content (AvgIpc) is 2.94. The molecule has 1 aliphatic heterocycles. The van der Waals surface area contributed by atoms with Gasteiger partial charge in [-0.1, -0.05) is 18.2 Å². The number of benzene rings is 1. The van der Waals surface area contributed by atoms with Crippen LogP contribution in [0.2, 0.25) is 0 Å². The Hall–Kier alpha value is -1.07. The minimum Gasteiger partial charge on any atom is -0.376 e. The fraction of sp³-hybridized carbons (Fsp3) is 0.533. The van der Waals surface area contributed by atoms with Crippen LogP contribution in [0, 0.1) is 5.82 Å². The summed E-state index contributed by atoms with van der Waals surface area (Å²) in [5.41, 5.74) is 0.360. The number of hydrogen-bond acceptors (Lipinski definition) is 3. The molecule has 1 N–H and O–H groups in total. The zero-order valence-electron chi connectivity index (χ0n) is 11.7. The summed E-state index contributed by atoms with van der Waals surface area (Å²) in [6.45, 7) is 0.534. The highest BCUT2D eigenvalue weighted by molar-refractivity contribution is 7.99. The Balaban J connectivity index is 1.77. The average molecular weight is 297 g/mol. The number of carbonyl (C=O) groups is 1. The maximum atomic E-state index is 13.4. The third-order valence-corrected chi connectivity index (χ3v) is 4.91. The van der Waals surface area contributed by atoms with Gasteiger partial charge in [0.05, 0.1) is 5.60 Å². The molecule has 5 heteroatoms. The maximum Gasteiger partial charge on any atom is 0.220 e. The van der Waals surface area contributed by atoms with Crippen molar-refractivity contribution in [1.82, 2.24) is 5.32 Å². The van der Waals surface area contributed by atoms with Crippen molar-refractivity contribution in [3.63, 3.8) is 0 Å². The quantitative estimate of drug-likeness (QED) is 0.876. The lowest BCUT2D eigenvalue weighted by Crippen LogP contribution is -2.44. The van der Waals surface area contributed by atoms with Gasteiger partial charge in [-0.25, -0.2) is 4.39 Å². The van der Waals surface area contributed by atoms with E-state index in [0.29, 0.717) is 24.9 Å². The third kappa shape index (κ3) is 3.96. The number of thioether (sulfide) groups is 1. The molecule has 3 nitrogen and oxygen atoms in total. The van der Waals surface area contributed by atoms with Gasteiger partial charge in [0.25, 0.3) is 0 Å². The molecule has 1 fully saturated rings. The van der Waals surface area contributed by atoms with E-state index in [1.54, 1.807) is 25.3 Å². The van der Waals surface area contributed by atoms with Gasteiger partial charge in [0.1, 0.15) is 5.82 Å². The van der Waals surface area contributed by atoms with E-state index in [9.17, 15) is 9.18 Å². The highest BCUT2D eigenvalue weighted by Gasteiger charge is 2.34. The Labute approximate surface area is 123 Å². The number of rotatable bonds is 6. The van der Waals surface area contributed by atoms with Crippen molar-refractivity contribution in [2.45, 2.75) is 24.9 Å². The largest absolute Gasteiger partial charge is 0.376 e. The van der Waals surface area contributed by atoms with E-state index < -0.39 is 0 Å². The van der Waals surface area contributed by atoms with Crippen LogP contribution >= 0.6 is 11.8 Å². The lowest BCUT2D eigenvalue weighted by atomic mass is 10.0. The van der Waals surface area contributed by atoms with Crippen LogP contribution in [0.3, 0.4) is 0 Å². The number of aryl methyl sites for hydroxylation is 1. The minimum atomic E-state index is -0.249. The summed E-state index contributed by atoms with van der Waals surface area (Å²) in [5, 5.41) is 2.91. The summed E-state index contributed by atoms with van der Waals surface area (Å²) < 4.78 is 19.0. The number of halogens is 1. The van der Waals surface area contributed by atoms with E-state index in [1.165, 1.54) is 6.07 Å². The maximum absolute atomic E-state index is 13.4. The number of ether oxygens (including phenoxy) is 1. The predicted octanol–water partition coefficient (Wildman–Crippen LogP) is 2.40. The molecule has 0 spiro atoms. The van der Waals surface area contributed by atoms with Crippen molar-refractivity contribution in [3.05, 3.63) is 35.6 Å². The van der Waals surface area contributed by atoms with E-state index in [0.717, 1.165) is 17.9 Å². The second-order valence-corrected chi connectivity index (χ2v) is 6.16. The van der Waals surface area contributed by atoms with Crippen LogP contribution < -0.4 is 5.32 Å². The van der Waals surface area contributed by atoms with Crippen molar-refractivity contribution >= 4 is 17.7 Å². The monoisotopic (exact) mass is 297 g/mol. The molecule has 110 valence electrons. The Kier molecular flexibility index (Phi) is 5.43. The van der Waals surface area contributed by atoms with E-state index >= 15 is 0 Å². The molecule has 1 amide bonds. The highest BCUT2D eigenvalue weighted by atomic mass is 32.2. The van der Waals surface area contributed by atoms with Gasteiger partial charge in [0.2, 0.25) is 5.91 Å². The summed E-state index contributed by atoms with van der Waals surface area (Å²) in [4.78, 5) is 11.8. The number of carbonyl (C=O) groups excluding carboxylic acids is 1. The van der Waals surface area contributed by atoms with Crippen molar-refractivity contribution in [3.8, 4) is 0 Å². The highest BCUT2D eigenvalue weighted by Crippen LogP contribution is 2.30. The topological polar surface area (TPSA) is 38.3 Å². The van der Waals surface area contributed by atoms with Crippen molar-refractivity contribution in [2.75, 3.05) is 25.2 Å². The van der Waals surface area contributed by atoms with Gasteiger partial charge in [0, 0.05) is 25.8 Å². The molecule has 1 atom stereocenters. The molecule has 0 radical (unpaired) electrons. The Bertz CT molecular complexity index is 461. The van der Waals surface area contributed by atoms with Gasteiger partial charge in [-0.05, 0) is 30.2 Å². The molecule has 2 rings (SSSR count). The fourth-order valence-corrected chi connectivity index (χ4v) is 3.66. The molecule has 0 aliphatic carbocycles. The zero-order valence-corrected chi connectivity index (χ0v) is 12.5. The molecule has 1 saturated heterocycles. The van der Waals surface area contributed by atoms with Crippen LogP contribution in [0.25, 0.3) is 0 Å². The van der Waals surface area contributed by atoms with Crippen LogP contribution in [0.15, 0.2) is 24.3 Å². The lowest BCUT2D eigenvalue weighted by Gasteiger charge is -2.26. The minimum absolute atomic E-state index is 0.0541. The Morgan fingerprint density at radius 2 is 2.30 bits per heavy atom. The van der Waals surface area contributed by atoms with Crippen molar-refractivity contribution in [2.24, 2.45) is 0 Å². The van der Waals surface area contributed by atoms with Gasteiger partial charge in [0.15, 0.2) is 0 Å². The van der Waals surface area contributed by atoms with Crippen LogP contribution in [-0.2, 0) is 16.0 Å². The van der Waals surface area contributed by atoms with Gasteiger partial charge < -0.3 is 10.1 Å². The molecule has 0 saturated carbocycles. The number of methoxy groups -OCH3 is 1. The standard InChI is InChI=1S/C15H20FNO2S/c1-19-15(8-9-20-11-15)10-17-14(18)7-6-12-4-2-3-5-13(12)16/h2-5H,6-11H2,1H3,(H,17,18)/t15-/m0/s1. The van der Waals surface area contributed by atoms with E-state index in [4.69, 9.17) is 4.74 Å². The number of amides is 1. The molecular weight excluding hydrogens is 277 g/mol. The first kappa shape index (κ1) is 15.3. The normalized spacial score (nSPS) is 21.9. The summed E-state index contributed by atoms with van der Waals surface area (Å²) in [5.74, 6) is 1.68. The molecule has 1 aromatic carbocycles. The third-order valence-electron chi connectivity index (χ3n) is 3.69. The fourth-order valence-electron chi connectivity index (χ4n) is 2.26. The number of nitrogens with one attached hydrogen (secondary N) is 1. The van der Waals surface area contributed by atoms with Crippen molar-refractivity contribution < 1.29 is 13.9 Å². The first-order valence-corrected chi connectivity index (χ1v) is 7.94. The lowest BCUT2D eigenvalue weighted by molar-refractivity contribution is -0.122. The molecule has 0 unspecified atom stereocenters. The van der Waals surface area contributed by atoms with Crippen LogP contribution in [0.5, 0.6) is 0 Å². The van der Waals surface area contributed by atoms with Gasteiger partial charge in [-0.2, -0.15) is 11.8 Å². The van der Waals surface area contributed by atoms with Gasteiger partial charge >= 0.3 is 0 Å². The molecule has 1 aliphatic rings. The first-order chi connectivity index (χ1) is 9.65. The van der Waals surface area contributed by atoms with Crippen LogP contribution in [-0.4, -0.2) is 36.7 Å². The van der Waals surface area contributed by atoms with Gasteiger partial charge in [-0.3, -0.25) is 4.79 Å². The summed E-state index contributed by atoms with van der Waals surface area (Å²) >= 11 is 1.84. The van der Waals surface area contributed by atoms with Crippen LogP contribution in [0.4, 0.5) is 4.39 Å². The van der Waals surface area contributed by atoms with Gasteiger partial charge in [-0.15, -0.1) is 0 Å². The van der Waals surface area contributed by atoms with E-state index in [-0.39, 0.29) is 17.3 Å². The molecule has 0 aromatic heterocycles. The van der Waals surface area contributed by atoms with E-state index in [1.807, 2.05) is 11.8 Å². The molecule has 1 aromatic rings. The smallest absolute Gasteiger partial charge is 0.220 e. The van der Waals surface area contributed by atoms with E-state index in [2.05, 4.69) is 5.32 Å². The van der Waals surface area contributed by atoms with Crippen LogP contribution in [0.1, 0.15) is 18.4 Å². The summed E-state index contributed by atoms with van der Waals surface area (Å²) in [6.07, 6.45) is 1.68. The second kappa shape index (κ2) is 7.09.